The fourth-order valence-corrected chi connectivity index (χ4v) is 6.16. The number of carbonyl (C=O) groups is 8. The lowest BCUT2D eigenvalue weighted by molar-refractivity contribution is -0.297. The van der Waals surface area contributed by atoms with Crippen molar-refractivity contribution in [3.05, 3.63) is 49.6 Å². The van der Waals surface area contributed by atoms with E-state index in [9.17, 15) is 38.4 Å². The predicted molar refractivity (Wildman–Crippen MR) is 205 cm³/mol. The lowest BCUT2D eigenvalue weighted by Crippen LogP contribution is -2.64. The predicted octanol–water partition coefficient (Wildman–Crippen LogP) is 2.57. The van der Waals surface area contributed by atoms with Gasteiger partial charge in [-0.1, -0.05) is 12.2 Å². The first-order valence-corrected chi connectivity index (χ1v) is 19.0. The number of allylic oxidation sites excluding steroid dienone is 2. The minimum atomic E-state index is -1.66. The molecule has 330 valence electrons. The first-order valence-electron chi connectivity index (χ1n) is 19.0. The van der Waals surface area contributed by atoms with Crippen LogP contribution >= 0.6 is 0 Å². The molecule has 2 saturated heterocycles. The van der Waals surface area contributed by atoms with Gasteiger partial charge in [0.05, 0.1) is 13.2 Å². The van der Waals surface area contributed by atoms with Gasteiger partial charge < -0.3 is 58.0 Å². The Labute approximate surface area is 346 Å². The molecule has 20 heteroatoms. The van der Waals surface area contributed by atoms with E-state index in [1.807, 2.05) is 0 Å². The van der Waals surface area contributed by atoms with Crippen LogP contribution in [-0.4, -0.2) is 122 Å². The molecule has 2 aliphatic heterocycles. The van der Waals surface area contributed by atoms with E-state index in [0.717, 1.165) is 41.5 Å². The van der Waals surface area contributed by atoms with Crippen LogP contribution in [0, 0.1) is 0 Å². The van der Waals surface area contributed by atoms with E-state index in [1.54, 1.807) is 12.2 Å². The van der Waals surface area contributed by atoms with Crippen LogP contribution in [0.15, 0.2) is 49.6 Å². The number of esters is 6. The number of ether oxygens (including phenoxy) is 10. The van der Waals surface area contributed by atoms with Crippen molar-refractivity contribution in [3.8, 4) is 0 Å². The molecule has 0 saturated carbocycles. The van der Waals surface area contributed by atoms with Gasteiger partial charge in [0.1, 0.15) is 0 Å². The molecular formula is C40H52N2O18. The summed E-state index contributed by atoms with van der Waals surface area (Å²) in [4.78, 5) is 101. The number of benzene rings is 1. The summed E-state index contributed by atoms with van der Waals surface area (Å²) in [6.45, 7) is 13.9. The van der Waals surface area contributed by atoms with Crippen molar-refractivity contribution >= 4 is 59.0 Å². The third-order valence-electron chi connectivity index (χ3n) is 8.41. The Kier molecular flexibility index (Phi) is 19.3. The number of rotatable bonds is 20. The zero-order valence-electron chi connectivity index (χ0n) is 34.2. The molecule has 2 fully saturated rings. The van der Waals surface area contributed by atoms with E-state index >= 15 is 0 Å². The highest BCUT2D eigenvalue weighted by Gasteiger charge is 2.56. The molecular weight excluding hydrogens is 796 g/mol. The number of unbranched alkanes of at least 4 members (excludes halogenated alkanes) is 2. The fourth-order valence-electron chi connectivity index (χ4n) is 6.16. The number of hydrogen-bond acceptors (Lipinski definition) is 18. The summed E-state index contributed by atoms with van der Waals surface area (Å²) >= 11 is 0. The van der Waals surface area contributed by atoms with Crippen molar-refractivity contribution in [1.29, 1.82) is 0 Å². The lowest BCUT2D eigenvalue weighted by Gasteiger charge is -2.43. The van der Waals surface area contributed by atoms with Gasteiger partial charge in [-0.3, -0.25) is 38.4 Å². The Morgan fingerprint density at radius 2 is 0.783 bits per heavy atom. The van der Waals surface area contributed by atoms with Crippen molar-refractivity contribution in [1.82, 2.24) is 0 Å². The Hall–Kier alpha value is -5.70. The van der Waals surface area contributed by atoms with Crippen molar-refractivity contribution < 1.29 is 85.7 Å². The summed E-state index contributed by atoms with van der Waals surface area (Å²) < 4.78 is 56.0. The van der Waals surface area contributed by atoms with Crippen LogP contribution in [0.5, 0.6) is 0 Å². The summed E-state index contributed by atoms with van der Waals surface area (Å²) in [5.41, 5.74) is 0.299. The minimum absolute atomic E-state index is 0.0646. The molecule has 10 atom stereocenters. The molecule has 3 rings (SSSR count). The quantitative estimate of drug-likeness (QED) is 0.0828. The lowest BCUT2D eigenvalue weighted by atomic mass is 9.97. The molecule has 2 aliphatic rings. The highest BCUT2D eigenvalue weighted by atomic mass is 16.7. The third-order valence-corrected chi connectivity index (χ3v) is 8.41. The monoisotopic (exact) mass is 848 g/mol. The highest BCUT2D eigenvalue weighted by molar-refractivity contribution is 5.97. The zero-order chi connectivity index (χ0) is 44.5. The summed E-state index contributed by atoms with van der Waals surface area (Å²) in [5, 5.41) is 5.23. The number of hydrogen-bond donors (Lipinski definition) is 2. The van der Waals surface area contributed by atoms with Gasteiger partial charge in [-0.15, -0.1) is 13.2 Å². The van der Waals surface area contributed by atoms with E-state index in [2.05, 4.69) is 23.8 Å². The molecule has 20 nitrogen and oxygen atoms in total. The van der Waals surface area contributed by atoms with Gasteiger partial charge in [-0.25, -0.2) is 0 Å². The van der Waals surface area contributed by atoms with Gasteiger partial charge in [0, 0.05) is 52.9 Å². The molecule has 0 bridgehead atoms. The van der Waals surface area contributed by atoms with Crippen LogP contribution in [0.25, 0.3) is 0 Å². The van der Waals surface area contributed by atoms with Gasteiger partial charge >= 0.3 is 35.8 Å². The van der Waals surface area contributed by atoms with Gasteiger partial charge in [0.25, 0.3) is 11.8 Å². The number of carbonyl (C=O) groups excluding carboxylic acids is 8. The standard InChI is InChI=1S/C40H52N2O18/c1-9-11-13-19-51-39-35(57-25(7)47)31(55-23(5)45)29(53-21(3)43)33(59-39)37(49)41-27-15-17-28(18-16-27)42-38(50)34-30(54-22(4)44)32(56-24(6)46)36(58-26(8)48)40(60-34)52-20-14-12-10-2/h9-10,15-18,29-36,39-40H,1-2,11-14,19-20H2,3-8H3,(H,41,49)(H,42,50)/t29-,30-,31-,32-,33-,34-,35+,36+,39-,40-/m0/s1. The van der Waals surface area contributed by atoms with E-state index in [1.165, 1.54) is 24.3 Å². The third kappa shape index (κ3) is 14.8. The second-order valence-corrected chi connectivity index (χ2v) is 13.5. The minimum Gasteiger partial charge on any atom is -0.455 e. The molecule has 0 aromatic heterocycles. The van der Waals surface area contributed by atoms with Crippen molar-refractivity contribution in [2.45, 2.75) is 129 Å². The van der Waals surface area contributed by atoms with Crippen molar-refractivity contribution in [2.75, 3.05) is 23.8 Å². The summed E-state index contributed by atoms with van der Waals surface area (Å²) in [5.74, 6) is -6.76. The summed E-state index contributed by atoms with van der Waals surface area (Å²) in [6, 6.07) is 5.56. The highest BCUT2D eigenvalue weighted by Crippen LogP contribution is 2.32. The zero-order valence-corrected chi connectivity index (χ0v) is 34.2. The molecule has 2 N–H and O–H groups in total. The molecule has 2 heterocycles. The smallest absolute Gasteiger partial charge is 0.303 e. The maximum absolute atomic E-state index is 13.8. The second kappa shape index (κ2) is 23.8. The molecule has 0 spiro atoms. The molecule has 0 radical (unpaired) electrons. The Morgan fingerprint density at radius 1 is 0.500 bits per heavy atom. The number of nitrogens with one attached hydrogen (secondary N) is 2. The normalized spacial score (nSPS) is 25.9. The van der Waals surface area contributed by atoms with Crippen molar-refractivity contribution in [3.63, 3.8) is 0 Å². The van der Waals surface area contributed by atoms with Gasteiger partial charge in [0.15, 0.2) is 61.4 Å². The van der Waals surface area contributed by atoms with E-state index < -0.39 is 109 Å². The first kappa shape index (κ1) is 48.7. The molecule has 1 aromatic carbocycles. The second-order valence-electron chi connectivity index (χ2n) is 13.5. The molecule has 0 unspecified atom stereocenters. The van der Waals surface area contributed by atoms with Crippen LogP contribution in [0.3, 0.4) is 0 Å². The van der Waals surface area contributed by atoms with E-state index in [0.29, 0.717) is 25.7 Å². The van der Waals surface area contributed by atoms with Crippen LogP contribution in [-0.2, 0) is 85.7 Å². The van der Waals surface area contributed by atoms with Crippen LogP contribution in [0.4, 0.5) is 11.4 Å². The Bertz CT molecular complexity index is 1590. The first-order chi connectivity index (χ1) is 28.4. The largest absolute Gasteiger partial charge is 0.455 e. The average Bonchev–Trinajstić information content (AvgIpc) is 3.15. The van der Waals surface area contributed by atoms with E-state index in [4.69, 9.17) is 47.4 Å². The Morgan fingerprint density at radius 3 is 1.07 bits per heavy atom. The molecule has 1 aromatic rings. The SMILES string of the molecule is C=CCCCO[C@H]1O[C@H](C(=O)Nc2ccc(NC(=O)[C@H]3O[C@H](OCCCC=C)[C@H](OC(C)=O)[C@@H](OC(C)=O)[C@@H]3OC(C)=O)cc2)[C@@H](OC(C)=O)[C@H](OC(C)=O)[C@H]1OC(C)=O. The number of amides is 2. The summed E-state index contributed by atoms with van der Waals surface area (Å²) in [6.07, 6.45) is -9.95. The van der Waals surface area contributed by atoms with Crippen LogP contribution in [0.1, 0.15) is 67.2 Å². The van der Waals surface area contributed by atoms with Gasteiger partial charge in [-0.2, -0.15) is 0 Å². The van der Waals surface area contributed by atoms with E-state index in [-0.39, 0.29) is 24.6 Å². The summed E-state index contributed by atoms with van der Waals surface area (Å²) in [7, 11) is 0. The van der Waals surface area contributed by atoms with Gasteiger partial charge in [0.2, 0.25) is 0 Å². The molecule has 0 aliphatic carbocycles. The average molecular weight is 849 g/mol. The molecule has 2 amide bonds. The van der Waals surface area contributed by atoms with Gasteiger partial charge in [-0.05, 0) is 49.9 Å². The Balaban J connectivity index is 1.89. The molecule has 60 heavy (non-hydrogen) atoms. The fraction of sp³-hybridized carbons (Fsp3) is 0.550. The maximum atomic E-state index is 13.8. The number of anilines is 2. The topological polar surface area (TPSA) is 253 Å². The van der Waals surface area contributed by atoms with Crippen LogP contribution < -0.4 is 10.6 Å². The van der Waals surface area contributed by atoms with Crippen molar-refractivity contribution in [2.24, 2.45) is 0 Å². The van der Waals surface area contributed by atoms with Crippen LogP contribution in [0.2, 0.25) is 0 Å². The maximum Gasteiger partial charge on any atom is 0.303 e.